The number of nitrogens with one attached hydrogen (secondary N) is 2. The molecule has 2 amide bonds. The quantitative estimate of drug-likeness (QED) is 0.606. The van der Waals surface area contributed by atoms with Crippen LogP contribution in [0.2, 0.25) is 0 Å². The second-order valence-electron chi connectivity index (χ2n) is 6.40. The average Bonchev–Trinajstić information content (AvgIpc) is 3.17. The Labute approximate surface area is 168 Å². The first kappa shape index (κ1) is 19.8. The molecule has 0 spiro atoms. The Morgan fingerprint density at radius 1 is 0.964 bits per heavy atom. The molecular weight excluding hydrogens is 370 g/mol. The average molecular weight is 394 g/mol. The van der Waals surface area contributed by atoms with Gasteiger partial charge in [-0.2, -0.15) is 0 Å². The van der Waals surface area contributed by atoms with E-state index in [9.17, 15) is 9.59 Å². The molecule has 0 fully saturated rings. The van der Waals surface area contributed by atoms with E-state index in [1.165, 1.54) is 16.9 Å². The highest BCUT2D eigenvalue weighted by atomic mass is 32.1. The Morgan fingerprint density at radius 2 is 1.71 bits per heavy atom. The summed E-state index contributed by atoms with van der Waals surface area (Å²) in [4.78, 5) is 28.5. The molecule has 1 aromatic heterocycles. The van der Waals surface area contributed by atoms with Crippen LogP contribution < -0.4 is 10.6 Å². The lowest BCUT2D eigenvalue weighted by Crippen LogP contribution is -2.28. The molecule has 2 aromatic carbocycles. The van der Waals surface area contributed by atoms with E-state index in [-0.39, 0.29) is 18.2 Å². The van der Waals surface area contributed by atoms with Gasteiger partial charge in [0.2, 0.25) is 11.8 Å². The van der Waals surface area contributed by atoms with Crippen molar-refractivity contribution in [2.24, 2.45) is 0 Å². The topological polar surface area (TPSA) is 71.1 Å². The van der Waals surface area contributed by atoms with Gasteiger partial charge in [-0.1, -0.05) is 61.5 Å². The van der Waals surface area contributed by atoms with Crippen molar-refractivity contribution in [1.82, 2.24) is 10.3 Å². The highest BCUT2D eigenvalue weighted by Gasteiger charge is 2.09. The number of thiazole rings is 1. The minimum Gasteiger partial charge on any atom is -0.355 e. The van der Waals surface area contributed by atoms with E-state index in [1.807, 2.05) is 47.8 Å². The highest BCUT2D eigenvalue weighted by Crippen LogP contribution is 2.25. The number of rotatable bonds is 8. The molecule has 1 heterocycles. The number of aryl methyl sites for hydroxylation is 1. The minimum absolute atomic E-state index is 0.0916. The second kappa shape index (κ2) is 9.80. The molecule has 0 bridgehead atoms. The maximum absolute atomic E-state index is 12.1. The monoisotopic (exact) mass is 393 g/mol. The Kier molecular flexibility index (Phi) is 6.92. The van der Waals surface area contributed by atoms with Gasteiger partial charge in [-0.05, 0) is 17.5 Å². The molecule has 144 valence electrons. The standard InChI is InChI=1S/C22H23N3O2S/c1-2-16-8-10-18(11-9-16)19-15-28-22(24-19)25-20(26)12-13-23-21(27)14-17-6-4-3-5-7-17/h3-11,15H,2,12-14H2,1H3,(H,23,27)(H,24,25,26). The van der Waals surface area contributed by atoms with E-state index in [2.05, 4.69) is 34.7 Å². The van der Waals surface area contributed by atoms with Crippen LogP contribution in [0.25, 0.3) is 11.3 Å². The van der Waals surface area contributed by atoms with E-state index < -0.39 is 0 Å². The summed E-state index contributed by atoms with van der Waals surface area (Å²) in [5, 5.41) is 8.06. The van der Waals surface area contributed by atoms with Gasteiger partial charge in [0, 0.05) is 23.9 Å². The van der Waals surface area contributed by atoms with Crippen LogP contribution in [-0.4, -0.2) is 23.3 Å². The minimum atomic E-state index is -0.165. The fraction of sp³-hybridized carbons (Fsp3) is 0.227. The molecule has 0 atom stereocenters. The lowest BCUT2D eigenvalue weighted by molar-refractivity contribution is -0.120. The van der Waals surface area contributed by atoms with Crippen LogP contribution in [0.5, 0.6) is 0 Å². The van der Waals surface area contributed by atoms with Gasteiger partial charge in [-0.25, -0.2) is 4.98 Å². The van der Waals surface area contributed by atoms with Crippen molar-refractivity contribution in [2.75, 3.05) is 11.9 Å². The number of carbonyl (C=O) groups is 2. The summed E-state index contributed by atoms with van der Waals surface area (Å²) >= 11 is 1.39. The fourth-order valence-electron chi connectivity index (χ4n) is 2.72. The van der Waals surface area contributed by atoms with E-state index in [0.717, 1.165) is 23.2 Å². The molecule has 6 heteroatoms. The van der Waals surface area contributed by atoms with Gasteiger partial charge in [0.25, 0.3) is 0 Å². The number of nitrogens with zero attached hydrogens (tertiary/aromatic N) is 1. The molecule has 3 aromatic rings. The molecule has 0 saturated carbocycles. The van der Waals surface area contributed by atoms with Crippen LogP contribution in [0.1, 0.15) is 24.5 Å². The normalized spacial score (nSPS) is 10.5. The summed E-state index contributed by atoms with van der Waals surface area (Å²) in [7, 11) is 0. The van der Waals surface area contributed by atoms with E-state index in [0.29, 0.717) is 18.1 Å². The molecule has 0 unspecified atom stereocenters. The van der Waals surface area contributed by atoms with Crippen molar-refractivity contribution < 1.29 is 9.59 Å². The second-order valence-corrected chi connectivity index (χ2v) is 7.26. The lowest BCUT2D eigenvalue weighted by Gasteiger charge is -2.05. The van der Waals surface area contributed by atoms with Crippen LogP contribution in [0.4, 0.5) is 5.13 Å². The zero-order valence-corrected chi connectivity index (χ0v) is 16.6. The van der Waals surface area contributed by atoms with Crippen molar-refractivity contribution in [3.63, 3.8) is 0 Å². The van der Waals surface area contributed by atoms with Gasteiger partial charge in [-0.3, -0.25) is 9.59 Å². The molecule has 0 aliphatic rings. The summed E-state index contributed by atoms with van der Waals surface area (Å²) in [6.45, 7) is 2.42. The molecule has 0 aliphatic carbocycles. The first-order chi connectivity index (χ1) is 13.6. The van der Waals surface area contributed by atoms with Gasteiger partial charge < -0.3 is 10.6 Å². The number of hydrogen-bond acceptors (Lipinski definition) is 4. The van der Waals surface area contributed by atoms with Gasteiger partial charge in [0.1, 0.15) is 0 Å². The Balaban J connectivity index is 1.43. The summed E-state index contributed by atoms with van der Waals surface area (Å²) in [6.07, 6.45) is 1.52. The van der Waals surface area contributed by atoms with Crippen LogP contribution in [0.15, 0.2) is 60.0 Å². The van der Waals surface area contributed by atoms with E-state index in [4.69, 9.17) is 0 Å². The zero-order chi connectivity index (χ0) is 19.8. The fourth-order valence-corrected chi connectivity index (χ4v) is 3.45. The van der Waals surface area contributed by atoms with Gasteiger partial charge in [0.15, 0.2) is 5.13 Å². The highest BCUT2D eigenvalue weighted by molar-refractivity contribution is 7.14. The third-order valence-electron chi connectivity index (χ3n) is 4.29. The summed E-state index contributed by atoms with van der Waals surface area (Å²) < 4.78 is 0. The third-order valence-corrected chi connectivity index (χ3v) is 5.05. The van der Waals surface area contributed by atoms with Crippen LogP contribution >= 0.6 is 11.3 Å². The predicted molar refractivity (Wildman–Crippen MR) is 113 cm³/mol. The number of benzene rings is 2. The van der Waals surface area contributed by atoms with Gasteiger partial charge in [-0.15, -0.1) is 11.3 Å². The smallest absolute Gasteiger partial charge is 0.227 e. The molecule has 2 N–H and O–H groups in total. The maximum Gasteiger partial charge on any atom is 0.227 e. The molecule has 3 rings (SSSR count). The number of anilines is 1. The SMILES string of the molecule is CCc1ccc(-c2csc(NC(=O)CCNC(=O)Cc3ccccc3)n2)cc1. The number of aromatic nitrogens is 1. The van der Waals surface area contributed by atoms with E-state index in [1.54, 1.807) is 0 Å². The summed E-state index contributed by atoms with van der Waals surface area (Å²) in [5.74, 6) is -0.256. The number of amides is 2. The van der Waals surface area contributed by atoms with Crippen molar-refractivity contribution >= 4 is 28.3 Å². The summed E-state index contributed by atoms with van der Waals surface area (Å²) in [5.41, 5.74) is 4.11. The van der Waals surface area contributed by atoms with Crippen molar-refractivity contribution in [2.45, 2.75) is 26.2 Å². The van der Waals surface area contributed by atoms with Crippen LogP contribution in [0, 0.1) is 0 Å². The molecule has 0 saturated heterocycles. The molecular formula is C22H23N3O2S. The van der Waals surface area contributed by atoms with Gasteiger partial charge in [0.05, 0.1) is 12.1 Å². The number of hydrogen-bond donors (Lipinski definition) is 2. The number of carbonyl (C=O) groups excluding carboxylic acids is 2. The maximum atomic E-state index is 12.1. The molecule has 28 heavy (non-hydrogen) atoms. The van der Waals surface area contributed by atoms with Crippen molar-refractivity contribution in [3.05, 3.63) is 71.1 Å². The van der Waals surface area contributed by atoms with Gasteiger partial charge >= 0.3 is 0 Å². The first-order valence-corrected chi connectivity index (χ1v) is 10.2. The Morgan fingerprint density at radius 3 is 2.43 bits per heavy atom. The molecule has 5 nitrogen and oxygen atoms in total. The summed E-state index contributed by atoms with van der Waals surface area (Å²) in [6, 6.07) is 17.8. The molecule has 0 radical (unpaired) electrons. The third kappa shape index (κ3) is 5.76. The van der Waals surface area contributed by atoms with Crippen molar-refractivity contribution in [3.8, 4) is 11.3 Å². The van der Waals surface area contributed by atoms with Crippen LogP contribution in [0.3, 0.4) is 0 Å². The first-order valence-electron chi connectivity index (χ1n) is 9.29. The Hall–Kier alpha value is -2.99. The largest absolute Gasteiger partial charge is 0.355 e. The zero-order valence-electron chi connectivity index (χ0n) is 15.8. The van der Waals surface area contributed by atoms with E-state index >= 15 is 0 Å². The lowest BCUT2D eigenvalue weighted by atomic mass is 10.1. The Bertz CT molecular complexity index is 920. The molecule has 0 aliphatic heterocycles. The van der Waals surface area contributed by atoms with Crippen LogP contribution in [-0.2, 0) is 22.4 Å². The predicted octanol–water partition coefficient (Wildman–Crippen LogP) is 4.06. The van der Waals surface area contributed by atoms with Crippen molar-refractivity contribution in [1.29, 1.82) is 0 Å².